The smallest absolute Gasteiger partial charge is 0.261 e. The lowest BCUT2D eigenvalue weighted by Crippen LogP contribution is -2.53. The van der Waals surface area contributed by atoms with Crippen molar-refractivity contribution in [3.8, 4) is 5.75 Å². The molecular weight excluding hydrogens is 472 g/mol. The molecule has 0 aliphatic heterocycles. The Morgan fingerprint density at radius 1 is 0.921 bits per heavy atom. The van der Waals surface area contributed by atoms with Crippen molar-refractivity contribution in [3.63, 3.8) is 0 Å². The van der Waals surface area contributed by atoms with E-state index >= 15 is 0 Å². The zero-order chi connectivity index (χ0) is 27.7. The van der Waals surface area contributed by atoms with Crippen LogP contribution in [0.25, 0.3) is 0 Å². The van der Waals surface area contributed by atoms with Crippen LogP contribution >= 0.6 is 0 Å². The maximum atomic E-state index is 13.7. The molecule has 1 N–H and O–H groups in total. The van der Waals surface area contributed by atoms with Crippen LogP contribution in [0, 0.1) is 6.92 Å². The summed E-state index contributed by atoms with van der Waals surface area (Å²) in [6.45, 7) is 12.7. The summed E-state index contributed by atoms with van der Waals surface area (Å²) in [4.78, 5) is 29.0. The normalized spacial score (nSPS) is 12.9. The van der Waals surface area contributed by atoms with Crippen LogP contribution in [0.15, 0.2) is 78.9 Å². The van der Waals surface area contributed by atoms with E-state index in [4.69, 9.17) is 4.74 Å². The molecule has 0 unspecified atom stereocenters. The molecule has 0 fully saturated rings. The average molecular weight is 515 g/mol. The lowest BCUT2D eigenvalue weighted by molar-refractivity contribution is -0.143. The van der Waals surface area contributed by atoms with Gasteiger partial charge in [0.15, 0.2) is 6.61 Å². The monoisotopic (exact) mass is 514 g/mol. The third kappa shape index (κ3) is 8.47. The Labute approximate surface area is 228 Å². The molecule has 5 heteroatoms. The van der Waals surface area contributed by atoms with Gasteiger partial charge in [0.25, 0.3) is 5.91 Å². The maximum Gasteiger partial charge on any atom is 0.261 e. The molecule has 0 saturated carbocycles. The van der Waals surface area contributed by atoms with Crippen LogP contribution < -0.4 is 10.1 Å². The molecule has 3 rings (SSSR count). The SMILES string of the molecule is CC[C@H](C)NC(=O)[C@@H](Cc1ccccc1)N(Cc1cccc(C)c1)C(=O)COc1ccc(C(C)(C)C)cc1. The van der Waals surface area contributed by atoms with E-state index in [2.05, 4.69) is 32.2 Å². The van der Waals surface area contributed by atoms with E-state index in [0.717, 1.165) is 23.1 Å². The molecule has 0 aliphatic rings. The Kier molecular flexibility index (Phi) is 10.1. The van der Waals surface area contributed by atoms with Crippen LogP contribution in [0.4, 0.5) is 0 Å². The summed E-state index contributed by atoms with van der Waals surface area (Å²) >= 11 is 0. The van der Waals surface area contributed by atoms with Gasteiger partial charge in [-0.1, -0.05) is 100.0 Å². The third-order valence-corrected chi connectivity index (χ3v) is 6.79. The van der Waals surface area contributed by atoms with Gasteiger partial charge in [-0.15, -0.1) is 0 Å². The largest absolute Gasteiger partial charge is 0.484 e. The first kappa shape index (κ1) is 29.0. The van der Waals surface area contributed by atoms with Crippen molar-refractivity contribution < 1.29 is 14.3 Å². The number of rotatable bonds is 11. The summed E-state index contributed by atoms with van der Waals surface area (Å²) in [6, 6.07) is 25.1. The molecule has 0 saturated heterocycles. The van der Waals surface area contributed by atoms with E-state index in [-0.39, 0.29) is 29.9 Å². The number of aryl methyl sites for hydroxylation is 1. The fraction of sp³-hybridized carbons (Fsp3) is 0.394. The fourth-order valence-electron chi connectivity index (χ4n) is 4.28. The molecular formula is C33H42N2O3. The van der Waals surface area contributed by atoms with Gasteiger partial charge in [-0.3, -0.25) is 9.59 Å². The second-order valence-corrected chi connectivity index (χ2v) is 11.1. The highest BCUT2D eigenvalue weighted by Gasteiger charge is 2.31. The van der Waals surface area contributed by atoms with E-state index in [1.165, 1.54) is 5.56 Å². The van der Waals surface area contributed by atoms with Gasteiger partial charge >= 0.3 is 0 Å². The third-order valence-electron chi connectivity index (χ3n) is 6.79. The number of carbonyl (C=O) groups excluding carboxylic acids is 2. The number of benzene rings is 3. The van der Waals surface area contributed by atoms with Gasteiger partial charge in [-0.25, -0.2) is 0 Å². The number of nitrogens with zero attached hydrogens (tertiary/aromatic N) is 1. The number of ether oxygens (including phenoxy) is 1. The first-order valence-electron chi connectivity index (χ1n) is 13.5. The molecule has 3 aromatic carbocycles. The van der Waals surface area contributed by atoms with Crippen LogP contribution in [0.3, 0.4) is 0 Å². The summed E-state index contributed by atoms with van der Waals surface area (Å²) in [5.41, 5.74) is 4.31. The summed E-state index contributed by atoms with van der Waals surface area (Å²) in [6.07, 6.45) is 1.23. The van der Waals surface area contributed by atoms with Crippen LogP contribution in [-0.2, 0) is 28.0 Å². The van der Waals surface area contributed by atoms with E-state index in [9.17, 15) is 9.59 Å². The topological polar surface area (TPSA) is 58.6 Å². The Morgan fingerprint density at radius 2 is 1.58 bits per heavy atom. The Balaban J connectivity index is 1.89. The van der Waals surface area contributed by atoms with Crippen molar-refractivity contribution in [2.45, 2.75) is 78.4 Å². The van der Waals surface area contributed by atoms with Gasteiger partial charge < -0.3 is 15.0 Å². The first-order chi connectivity index (χ1) is 18.1. The predicted octanol–water partition coefficient (Wildman–Crippen LogP) is 6.23. The molecule has 0 heterocycles. The molecule has 0 spiro atoms. The number of amides is 2. The second-order valence-electron chi connectivity index (χ2n) is 11.1. The molecule has 38 heavy (non-hydrogen) atoms. The Hall–Kier alpha value is -3.60. The van der Waals surface area contributed by atoms with Gasteiger partial charge in [-0.05, 0) is 54.5 Å². The van der Waals surface area contributed by atoms with Gasteiger partial charge in [0.2, 0.25) is 5.91 Å². The van der Waals surface area contributed by atoms with Crippen LogP contribution in [0.2, 0.25) is 0 Å². The number of hydrogen-bond donors (Lipinski definition) is 1. The van der Waals surface area contributed by atoms with Gasteiger partial charge in [0.05, 0.1) is 0 Å². The lowest BCUT2D eigenvalue weighted by atomic mass is 9.87. The first-order valence-corrected chi connectivity index (χ1v) is 13.5. The van der Waals surface area contributed by atoms with Crippen molar-refractivity contribution in [1.29, 1.82) is 0 Å². The Bertz CT molecular complexity index is 1180. The summed E-state index contributed by atoms with van der Waals surface area (Å²) < 4.78 is 5.94. The van der Waals surface area contributed by atoms with Crippen molar-refractivity contribution >= 4 is 11.8 Å². The highest BCUT2D eigenvalue weighted by Crippen LogP contribution is 2.24. The zero-order valence-corrected chi connectivity index (χ0v) is 23.7. The fourth-order valence-corrected chi connectivity index (χ4v) is 4.28. The van der Waals surface area contributed by atoms with E-state index in [0.29, 0.717) is 18.7 Å². The lowest BCUT2D eigenvalue weighted by Gasteiger charge is -2.32. The van der Waals surface area contributed by atoms with Crippen molar-refractivity contribution in [2.24, 2.45) is 0 Å². The molecule has 2 atom stereocenters. The molecule has 5 nitrogen and oxygen atoms in total. The Morgan fingerprint density at radius 3 is 2.18 bits per heavy atom. The average Bonchev–Trinajstić information content (AvgIpc) is 2.89. The summed E-state index contributed by atoms with van der Waals surface area (Å²) in [7, 11) is 0. The van der Waals surface area contributed by atoms with Crippen LogP contribution in [-0.4, -0.2) is 35.4 Å². The van der Waals surface area contributed by atoms with Gasteiger partial charge in [-0.2, -0.15) is 0 Å². The number of hydrogen-bond acceptors (Lipinski definition) is 3. The molecule has 0 radical (unpaired) electrons. The maximum absolute atomic E-state index is 13.7. The quantitative estimate of drug-likeness (QED) is 0.330. The predicted molar refractivity (Wildman–Crippen MR) is 154 cm³/mol. The van der Waals surface area contributed by atoms with Crippen molar-refractivity contribution in [2.75, 3.05) is 6.61 Å². The zero-order valence-electron chi connectivity index (χ0n) is 23.7. The van der Waals surface area contributed by atoms with E-state index in [1.807, 2.05) is 93.6 Å². The minimum atomic E-state index is -0.675. The minimum absolute atomic E-state index is 0.00859. The van der Waals surface area contributed by atoms with Crippen molar-refractivity contribution in [3.05, 3.63) is 101 Å². The molecule has 3 aromatic rings. The van der Waals surface area contributed by atoms with E-state index < -0.39 is 6.04 Å². The van der Waals surface area contributed by atoms with Crippen molar-refractivity contribution in [1.82, 2.24) is 10.2 Å². The van der Waals surface area contributed by atoms with Gasteiger partial charge in [0.1, 0.15) is 11.8 Å². The number of carbonyl (C=O) groups is 2. The molecule has 0 bridgehead atoms. The minimum Gasteiger partial charge on any atom is -0.484 e. The van der Waals surface area contributed by atoms with Gasteiger partial charge in [0, 0.05) is 19.0 Å². The highest BCUT2D eigenvalue weighted by molar-refractivity contribution is 5.88. The standard InChI is InChI=1S/C33H42N2O3/c1-7-25(3)34-32(37)30(21-26-13-9-8-10-14-26)35(22-27-15-11-12-24(2)20-27)31(36)23-38-29-18-16-28(17-19-29)33(4,5)6/h8-20,25,30H,7,21-23H2,1-6H3,(H,34,37)/t25-,30+/m0/s1. The molecule has 202 valence electrons. The number of nitrogens with one attached hydrogen (secondary N) is 1. The molecule has 0 aromatic heterocycles. The van der Waals surface area contributed by atoms with E-state index in [1.54, 1.807) is 4.90 Å². The summed E-state index contributed by atoms with van der Waals surface area (Å²) in [5, 5.41) is 3.10. The molecule has 2 amide bonds. The highest BCUT2D eigenvalue weighted by atomic mass is 16.5. The van der Waals surface area contributed by atoms with Crippen LogP contribution in [0.1, 0.15) is 63.3 Å². The summed E-state index contributed by atoms with van der Waals surface area (Å²) in [5.74, 6) is 0.246. The molecule has 0 aliphatic carbocycles. The van der Waals surface area contributed by atoms with Crippen LogP contribution in [0.5, 0.6) is 5.75 Å². The second kappa shape index (κ2) is 13.3.